The molecule has 1 rings (SSSR count). The molecular weight excluding hydrogens is 286 g/mol. The summed E-state index contributed by atoms with van der Waals surface area (Å²) in [4.78, 5) is 0. The molecule has 0 saturated carbocycles. The highest BCUT2D eigenvalue weighted by Gasteiger charge is 2.18. The van der Waals surface area contributed by atoms with Gasteiger partial charge in [-0.3, -0.25) is 0 Å². The smallest absolute Gasteiger partial charge is 0.0175 e. The summed E-state index contributed by atoms with van der Waals surface area (Å²) in [6.07, 6.45) is 2.55. The first-order valence-corrected chi connectivity index (χ1v) is 7.82. The second-order valence-electron chi connectivity index (χ2n) is 5.49. The van der Waals surface area contributed by atoms with Gasteiger partial charge in [-0.25, -0.2) is 0 Å². The molecule has 0 aromatic heterocycles. The van der Waals surface area contributed by atoms with Crippen molar-refractivity contribution in [3.63, 3.8) is 0 Å². The second-order valence-corrected chi connectivity index (χ2v) is 6.40. The minimum atomic E-state index is 0.553. The molecule has 1 nitrogen and oxygen atoms in total. The van der Waals surface area contributed by atoms with Gasteiger partial charge in [-0.15, -0.1) is 0 Å². The number of hydrogen-bond acceptors (Lipinski definition) is 1. The molecule has 2 atom stereocenters. The second kappa shape index (κ2) is 7.96. The zero-order valence-electron chi connectivity index (χ0n) is 12.0. The van der Waals surface area contributed by atoms with Crippen molar-refractivity contribution in [2.45, 2.75) is 52.5 Å². The number of benzene rings is 1. The fourth-order valence-corrected chi connectivity index (χ4v) is 2.64. The van der Waals surface area contributed by atoms with Gasteiger partial charge >= 0.3 is 0 Å². The highest BCUT2D eigenvalue weighted by Crippen LogP contribution is 2.28. The molecule has 1 N–H and O–H groups in total. The van der Waals surface area contributed by atoms with Crippen LogP contribution < -0.4 is 5.32 Å². The Morgan fingerprint density at radius 1 is 1.11 bits per heavy atom. The molecule has 0 bridgehead atoms. The van der Waals surface area contributed by atoms with Gasteiger partial charge in [-0.05, 0) is 29.5 Å². The topological polar surface area (TPSA) is 12.0 Å². The molecule has 0 aliphatic carbocycles. The highest BCUT2D eigenvalue weighted by molar-refractivity contribution is 9.10. The Labute approximate surface area is 120 Å². The van der Waals surface area contributed by atoms with Crippen molar-refractivity contribution in [1.29, 1.82) is 0 Å². The minimum absolute atomic E-state index is 0.553. The SMILES string of the molecule is CCCC(C)C(CNC(C)C)c1ccc(Br)cc1. The van der Waals surface area contributed by atoms with Crippen molar-refractivity contribution < 1.29 is 0 Å². The molecule has 18 heavy (non-hydrogen) atoms. The van der Waals surface area contributed by atoms with Crippen LogP contribution in [-0.4, -0.2) is 12.6 Å². The summed E-state index contributed by atoms with van der Waals surface area (Å²) in [6.45, 7) is 10.1. The summed E-state index contributed by atoms with van der Waals surface area (Å²) in [5.74, 6) is 1.34. The van der Waals surface area contributed by atoms with Gasteiger partial charge in [0.15, 0.2) is 0 Å². The van der Waals surface area contributed by atoms with Crippen LogP contribution in [0.3, 0.4) is 0 Å². The van der Waals surface area contributed by atoms with Crippen LogP contribution in [-0.2, 0) is 0 Å². The lowest BCUT2D eigenvalue weighted by molar-refractivity contribution is 0.392. The Morgan fingerprint density at radius 2 is 1.72 bits per heavy atom. The predicted octanol–water partition coefficient (Wildman–Crippen LogP) is 4.97. The van der Waals surface area contributed by atoms with Gasteiger partial charge in [0.1, 0.15) is 0 Å². The Kier molecular flexibility index (Phi) is 6.95. The molecule has 0 heterocycles. The van der Waals surface area contributed by atoms with Gasteiger partial charge < -0.3 is 5.32 Å². The number of hydrogen-bond donors (Lipinski definition) is 1. The summed E-state index contributed by atoms with van der Waals surface area (Å²) in [7, 11) is 0. The van der Waals surface area contributed by atoms with Crippen LogP contribution in [0.25, 0.3) is 0 Å². The Balaban J connectivity index is 2.78. The van der Waals surface area contributed by atoms with Crippen molar-refractivity contribution in [2.24, 2.45) is 5.92 Å². The lowest BCUT2D eigenvalue weighted by Gasteiger charge is -2.26. The summed E-state index contributed by atoms with van der Waals surface area (Å²) in [5.41, 5.74) is 1.45. The quantitative estimate of drug-likeness (QED) is 0.750. The Morgan fingerprint density at radius 3 is 2.22 bits per heavy atom. The number of nitrogens with one attached hydrogen (secondary N) is 1. The lowest BCUT2D eigenvalue weighted by atomic mass is 9.84. The molecular formula is C16H26BrN. The van der Waals surface area contributed by atoms with E-state index in [4.69, 9.17) is 0 Å². The summed E-state index contributed by atoms with van der Waals surface area (Å²) in [6, 6.07) is 9.36. The van der Waals surface area contributed by atoms with E-state index >= 15 is 0 Å². The lowest BCUT2D eigenvalue weighted by Crippen LogP contribution is -2.30. The first-order valence-electron chi connectivity index (χ1n) is 7.03. The number of halogens is 1. The molecule has 2 heteroatoms. The molecule has 1 aromatic carbocycles. The maximum atomic E-state index is 3.59. The molecule has 0 saturated heterocycles. The standard InChI is InChI=1S/C16H26BrN/c1-5-6-13(4)16(11-18-12(2)3)14-7-9-15(17)10-8-14/h7-10,12-13,16,18H,5-6,11H2,1-4H3. The maximum absolute atomic E-state index is 3.59. The van der Waals surface area contributed by atoms with E-state index in [2.05, 4.69) is 73.2 Å². The molecule has 2 unspecified atom stereocenters. The monoisotopic (exact) mass is 311 g/mol. The summed E-state index contributed by atoms with van der Waals surface area (Å²) >= 11 is 3.51. The van der Waals surface area contributed by atoms with Crippen molar-refractivity contribution in [2.75, 3.05) is 6.54 Å². The molecule has 0 radical (unpaired) electrons. The predicted molar refractivity (Wildman–Crippen MR) is 84.1 cm³/mol. The van der Waals surface area contributed by atoms with Crippen LogP contribution in [0.1, 0.15) is 52.0 Å². The molecule has 0 spiro atoms. The van der Waals surface area contributed by atoms with E-state index in [1.807, 2.05) is 0 Å². The molecule has 1 aromatic rings. The van der Waals surface area contributed by atoms with Gasteiger partial charge in [0, 0.05) is 17.1 Å². The van der Waals surface area contributed by atoms with Gasteiger partial charge in [0.25, 0.3) is 0 Å². The van der Waals surface area contributed by atoms with Gasteiger partial charge in [-0.1, -0.05) is 68.6 Å². The molecule has 0 aliphatic rings. The third-order valence-electron chi connectivity index (χ3n) is 3.48. The highest BCUT2D eigenvalue weighted by atomic mass is 79.9. The average molecular weight is 312 g/mol. The van der Waals surface area contributed by atoms with Crippen LogP contribution in [0.4, 0.5) is 0 Å². The van der Waals surface area contributed by atoms with E-state index in [0.29, 0.717) is 12.0 Å². The van der Waals surface area contributed by atoms with Crippen molar-refractivity contribution in [1.82, 2.24) is 5.32 Å². The van der Waals surface area contributed by atoms with Crippen LogP contribution in [0.15, 0.2) is 28.7 Å². The Bertz CT molecular complexity index is 331. The van der Waals surface area contributed by atoms with E-state index < -0.39 is 0 Å². The average Bonchev–Trinajstić information content (AvgIpc) is 2.31. The molecule has 102 valence electrons. The zero-order chi connectivity index (χ0) is 13.5. The van der Waals surface area contributed by atoms with Gasteiger partial charge in [0.05, 0.1) is 0 Å². The zero-order valence-corrected chi connectivity index (χ0v) is 13.6. The van der Waals surface area contributed by atoms with Crippen LogP contribution >= 0.6 is 15.9 Å². The van der Waals surface area contributed by atoms with Gasteiger partial charge in [-0.2, -0.15) is 0 Å². The van der Waals surface area contributed by atoms with Crippen molar-refractivity contribution >= 4 is 15.9 Å². The van der Waals surface area contributed by atoms with Crippen LogP contribution in [0.5, 0.6) is 0 Å². The summed E-state index contributed by atoms with van der Waals surface area (Å²) < 4.78 is 1.16. The van der Waals surface area contributed by atoms with E-state index in [0.717, 1.165) is 16.9 Å². The van der Waals surface area contributed by atoms with Crippen LogP contribution in [0.2, 0.25) is 0 Å². The number of rotatable bonds is 7. The van der Waals surface area contributed by atoms with E-state index in [1.165, 1.54) is 18.4 Å². The molecule has 0 fully saturated rings. The maximum Gasteiger partial charge on any atom is 0.0175 e. The van der Waals surface area contributed by atoms with E-state index in [-0.39, 0.29) is 0 Å². The Hall–Kier alpha value is -0.340. The third kappa shape index (κ3) is 5.11. The minimum Gasteiger partial charge on any atom is -0.314 e. The molecule has 0 aliphatic heterocycles. The normalized spacial score (nSPS) is 14.8. The largest absolute Gasteiger partial charge is 0.314 e. The fourth-order valence-electron chi connectivity index (χ4n) is 2.38. The van der Waals surface area contributed by atoms with Gasteiger partial charge in [0.2, 0.25) is 0 Å². The molecule has 0 amide bonds. The van der Waals surface area contributed by atoms with Crippen molar-refractivity contribution in [3.8, 4) is 0 Å². The first-order chi connectivity index (χ1) is 8.54. The fraction of sp³-hybridized carbons (Fsp3) is 0.625. The first kappa shape index (κ1) is 15.7. The van der Waals surface area contributed by atoms with E-state index in [9.17, 15) is 0 Å². The van der Waals surface area contributed by atoms with Crippen molar-refractivity contribution in [3.05, 3.63) is 34.3 Å². The van der Waals surface area contributed by atoms with E-state index in [1.54, 1.807) is 0 Å². The van der Waals surface area contributed by atoms with Crippen LogP contribution in [0, 0.1) is 5.92 Å². The summed E-state index contributed by atoms with van der Waals surface area (Å²) in [5, 5.41) is 3.59. The third-order valence-corrected chi connectivity index (χ3v) is 4.00.